The van der Waals surface area contributed by atoms with Gasteiger partial charge in [-0.25, -0.2) is 0 Å². The molecule has 14 heavy (non-hydrogen) atoms. The van der Waals surface area contributed by atoms with Crippen LogP contribution in [0.1, 0.15) is 18.4 Å². The second-order valence-electron chi connectivity index (χ2n) is 3.71. The quantitative estimate of drug-likeness (QED) is 0.765. The molecule has 0 aliphatic rings. The lowest BCUT2D eigenvalue weighted by molar-refractivity contribution is 0.781. The molecule has 0 radical (unpaired) electrons. The summed E-state index contributed by atoms with van der Waals surface area (Å²) in [5, 5.41) is 2.62. The molecule has 2 rings (SSSR count). The molecule has 0 saturated carbocycles. The van der Waals surface area contributed by atoms with Crippen molar-refractivity contribution in [2.24, 2.45) is 5.73 Å². The lowest BCUT2D eigenvalue weighted by atomic mass is 9.95. The summed E-state index contributed by atoms with van der Waals surface area (Å²) >= 11 is 0. The topological polar surface area (TPSA) is 26.0 Å². The summed E-state index contributed by atoms with van der Waals surface area (Å²) in [7, 11) is 0. The van der Waals surface area contributed by atoms with Crippen LogP contribution in [0.5, 0.6) is 0 Å². The first-order chi connectivity index (χ1) is 6.83. The fraction of sp³-hybridized carbons (Fsp3) is 0.231. The van der Waals surface area contributed by atoms with Gasteiger partial charge >= 0.3 is 0 Å². The maximum Gasteiger partial charge on any atom is -0.00107 e. The summed E-state index contributed by atoms with van der Waals surface area (Å²) in [5.74, 6) is 0.432. The fourth-order valence-electron chi connectivity index (χ4n) is 1.81. The van der Waals surface area contributed by atoms with Gasteiger partial charge in [0.05, 0.1) is 0 Å². The number of hydrogen-bond acceptors (Lipinski definition) is 1. The van der Waals surface area contributed by atoms with Crippen molar-refractivity contribution >= 4 is 10.8 Å². The molecule has 0 heterocycles. The van der Waals surface area contributed by atoms with E-state index in [0.29, 0.717) is 12.5 Å². The molecule has 0 aromatic heterocycles. The Bertz CT molecular complexity index is 429. The predicted octanol–water partition coefficient (Wildman–Crippen LogP) is 2.90. The Balaban J connectivity index is 2.65. The van der Waals surface area contributed by atoms with Crippen molar-refractivity contribution in [1.82, 2.24) is 0 Å². The monoisotopic (exact) mass is 185 g/mol. The van der Waals surface area contributed by atoms with Gasteiger partial charge in [0.15, 0.2) is 0 Å². The Hall–Kier alpha value is -1.34. The average Bonchev–Trinajstić information content (AvgIpc) is 2.27. The summed E-state index contributed by atoms with van der Waals surface area (Å²) in [6.07, 6.45) is 0. The van der Waals surface area contributed by atoms with Gasteiger partial charge in [-0.1, -0.05) is 49.4 Å². The molecule has 2 N–H and O–H groups in total. The SMILES string of the molecule is C[C@@H](CN)c1cccc2ccccc12. The summed E-state index contributed by atoms with van der Waals surface area (Å²) in [4.78, 5) is 0. The molecule has 0 unspecified atom stereocenters. The molecule has 72 valence electrons. The standard InChI is InChI=1S/C13H15N/c1-10(9-14)12-8-4-6-11-5-2-3-7-13(11)12/h2-8,10H,9,14H2,1H3/t10-/m0/s1. The van der Waals surface area contributed by atoms with E-state index in [4.69, 9.17) is 5.73 Å². The highest BCUT2D eigenvalue weighted by atomic mass is 14.5. The van der Waals surface area contributed by atoms with E-state index in [-0.39, 0.29) is 0 Å². The molecule has 0 aliphatic heterocycles. The van der Waals surface area contributed by atoms with Crippen molar-refractivity contribution in [3.05, 3.63) is 48.0 Å². The molecular weight excluding hydrogens is 170 g/mol. The van der Waals surface area contributed by atoms with E-state index < -0.39 is 0 Å². The van der Waals surface area contributed by atoms with Crippen molar-refractivity contribution in [3.8, 4) is 0 Å². The molecule has 0 fully saturated rings. The van der Waals surface area contributed by atoms with E-state index in [2.05, 4.69) is 49.4 Å². The number of hydrogen-bond donors (Lipinski definition) is 1. The van der Waals surface area contributed by atoms with Crippen molar-refractivity contribution in [3.63, 3.8) is 0 Å². The summed E-state index contributed by atoms with van der Waals surface area (Å²) < 4.78 is 0. The van der Waals surface area contributed by atoms with Crippen LogP contribution < -0.4 is 5.73 Å². The van der Waals surface area contributed by atoms with E-state index in [1.807, 2.05) is 0 Å². The predicted molar refractivity (Wildman–Crippen MR) is 61.4 cm³/mol. The number of rotatable bonds is 2. The van der Waals surface area contributed by atoms with E-state index >= 15 is 0 Å². The second kappa shape index (κ2) is 3.81. The first-order valence-corrected chi connectivity index (χ1v) is 5.00. The van der Waals surface area contributed by atoms with Crippen LogP contribution in [0.4, 0.5) is 0 Å². The molecule has 1 nitrogen and oxygen atoms in total. The maximum atomic E-state index is 5.70. The zero-order valence-corrected chi connectivity index (χ0v) is 8.40. The van der Waals surface area contributed by atoms with Gasteiger partial charge in [-0.2, -0.15) is 0 Å². The maximum absolute atomic E-state index is 5.70. The van der Waals surface area contributed by atoms with Gasteiger partial charge in [0.1, 0.15) is 0 Å². The van der Waals surface area contributed by atoms with E-state index in [0.717, 1.165) is 0 Å². The van der Waals surface area contributed by atoms with Crippen LogP contribution in [0.2, 0.25) is 0 Å². The highest BCUT2D eigenvalue weighted by Crippen LogP contribution is 2.24. The normalized spacial score (nSPS) is 13.0. The molecule has 1 heteroatoms. The zero-order chi connectivity index (χ0) is 9.97. The lowest BCUT2D eigenvalue weighted by Crippen LogP contribution is -2.09. The summed E-state index contributed by atoms with van der Waals surface area (Å²) in [6, 6.07) is 14.9. The van der Waals surface area contributed by atoms with Crippen LogP contribution in [-0.2, 0) is 0 Å². The van der Waals surface area contributed by atoms with Crippen LogP contribution in [0.15, 0.2) is 42.5 Å². The fourth-order valence-corrected chi connectivity index (χ4v) is 1.81. The first kappa shape index (κ1) is 9.22. The van der Waals surface area contributed by atoms with Gasteiger partial charge in [-0.15, -0.1) is 0 Å². The second-order valence-corrected chi connectivity index (χ2v) is 3.71. The van der Waals surface area contributed by atoms with Gasteiger partial charge in [-0.05, 0) is 28.8 Å². The Morgan fingerprint density at radius 3 is 2.57 bits per heavy atom. The van der Waals surface area contributed by atoms with Crippen LogP contribution in [0.3, 0.4) is 0 Å². The summed E-state index contributed by atoms with van der Waals surface area (Å²) in [6.45, 7) is 2.87. The molecule has 0 aliphatic carbocycles. The van der Waals surface area contributed by atoms with Gasteiger partial charge < -0.3 is 5.73 Å². The van der Waals surface area contributed by atoms with Crippen molar-refractivity contribution < 1.29 is 0 Å². The largest absolute Gasteiger partial charge is 0.330 e. The molecule has 0 amide bonds. The van der Waals surface area contributed by atoms with Crippen molar-refractivity contribution in [1.29, 1.82) is 0 Å². The third kappa shape index (κ3) is 1.51. The minimum absolute atomic E-state index is 0.432. The van der Waals surface area contributed by atoms with E-state index in [1.54, 1.807) is 0 Å². The molecule has 0 spiro atoms. The van der Waals surface area contributed by atoms with Gasteiger partial charge in [-0.3, -0.25) is 0 Å². The Labute approximate surface area is 84.5 Å². The van der Waals surface area contributed by atoms with Crippen LogP contribution in [-0.4, -0.2) is 6.54 Å². The number of benzene rings is 2. The highest BCUT2D eigenvalue weighted by Gasteiger charge is 2.06. The van der Waals surface area contributed by atoms with E-state index in [9.17, 15) is 0 Å². The van der Waals surface area contributed by atoms with Crippen molar-refractivity contribution in [2.75, 3.05) is 6.54 Å². The third-order valence-electron chi connectivity index (χ3n) is 2.71. The van der Waals surface area contributed by atoms with Gasteiger partial charge in [0.2, 0.25) is 0 Å². The molecule has 1 atom stereocenters. The highest BCUT2D eigenvalue weighted by molar-refractivity contribution is 5.86. The first-order valence-electron chi connectivity index (χ1n) is 5.00. The number of nitrogens with two attached hydrogens (primary N) is 1. The smallest absolute Gasteiger partial charge is 0.00107 e. The molecule has 0 saturated heterocycles. The molecule has 2 aromatic rings. The van der Waals surface area contributed by atoms with E-state index in [1.165, 1.54) is 16.3 Å². The molecule has 0 bridgehead atoms. The molecular formula is C13H15N. The molecule has 2 aromatic carbocycles. The minimum atomic E-state index is 0.432. The van der Waals surface area contributed by atoms with Crippen molar-refractivity contribution in [2.45, 2.75) is 12.8 Å². The van der Waals surface area contributed by atoms with Gasteiger partial charge in [0.25, 0.3) is 0 Å². The van der Waals surface area contributed by atoms with Crippen LogP contribution in [0, 0.1) is 0 Å². The number of fused-ring (bicyclic) bond motifs is 1. The Morgan fingerprint density at radius 1 is 1.07 bits per heavy atom. The Morgan fingerprint density at radius 2 is 1.79 bits per heavy atom. The average molecular weight is 185 g/mol. The van der Waals surface area contributed by atoms with Gasteiger partial charge in [0, 0.05) is 0 Å². The van der Waals surface area contributed by atoms with Crippen LogP contribution in [0.25, 0.3) is 10.8 Å². The third-order valence-corrected chi connectivity index (χ3v) is 2.71. The Kier molecular flexibility index (Phi) is 2.51. The van der Waals surface area contributed by atoms with Crippen LogP contribution >= 0.6 is 0 Å². The minimum Gasteiger partial charge on any atom is -0.330 e. The zero-order valence-electron chi connectivity index (χ0n) is 8.40. The summed E-state index contributed by atoms with van der Waals surface area (Å²) in [5.41, 5.74) is 7.05. The lowest BCUT2D eigenvalue weighted by Gasteiger charge is -2.11.